The zero-order valence-corrected chi connectivity index (χ0v) is 12.8. The Hall–Kier alpha value is -2.30. The van der Waals surface area contributed by atoms with Crippen molar-refractivity contribution in [3.05, 3.63) is 35.3 Å². The van der Waals surface area contributed by atoms with Crippen LogP contribution in [0.1, 0.15) is 36.3 Å². The first-order valence-corrected chi connectivity index (χ1v) is 7.13. The molecule has 1 aliphatic carbocycles. The number of fused-ring (bicyclic) bond motifs is 1. The molecule has 4 nitrogen and oxygen atoms in total. The Bertz CT molecular complexity index is 762. The smallest absolute Gasteiger partial charge is 0.168 e. The lowest BCUT2D eigenvalue weighted by atomic mass is 9.76. The van der Waals surface area contributed by atoms with Crippen LogP contribution in [0.5, 0.6) is 11.5 Å². The number of aromatic nitrogens is 1. The summed E-state index contributed by atoms with van der Waals surface area (Å²) in [6.07, 6.45) is 1.06. The van der Waals surface area contributed by atoms with E-state index in [1.54, 1.807) is 6.07 Å². The van der Waals surface area contributed by atoms with Gasteiger partial charge in [-0.2, -0.15) is 0 Å². The molecule has 0 fully saturated rings. The molecular weight excluding hydrogens is 285 g/mol. The Kier molecular flexibility index (Phi) is 3.24. The Balaban J connectivity index is 2.11. The Morgan fingerprint density at radius 2 is 2.05 bits per heavy atom. The van der Waals surface area contributed by atoms with Crippen LogP contribution in [0.3, 0.4) is 0 Å². The Morgan fingerprint density at radius 1 is 1.32 bits per heavy atom. The molecule has 116 valence electrons. The molecule has 0 unspecified atom stereocenters. The zero-order chi connectivity index (χ0) is 16.1. The third-order valence-corrected chi connectivity index (χ3v) is 4.07. The van der Waals surface area contributed by atoms with E-state index in [1.807, 2.05) is 13.8 Å². The number of carbonyl (C=O) groups is 1. The summed E-state index contributed by atoms with van der Waals surface area (Å²) in [5.41, 5.74) is 1.76. The van der Waals surface area contributed by atoms with Crippen LogP contribution in [0.2, 0.25) is 0 Å². The lowest BCUT2D eigenvalue weighted by Gasteiger charge is -2.27. The van der Waals surface area contributed by atoms with Gasteiger partial charge in [-0.15, -0.1) is 0 Å². The Morgan fingerprint density at radius 3 is 2.68 bits per heavy atom. The molecular formula is C17H18FNO3. The van der Waals surface area contributed by atoms with Gasteiger partial charge in [-0.1, -0.05) is 13.8 Å². The number of hydrogen-bond donors (Lipinski definition) is 2. The van der Waals surface area contributed by atoms with Gasteiger partial charge in [-0.3, -0.25) is 4.79 Å². The van der Waals surface area contributed by atoms with Crippen LogP contribution in [0.15, 0.2) is 18.2 Å². The van der Waals surface area contributed by atoms with Gasteiger partial charge in [0.2, 0.25) is 0 Å². The lowest BCUT2D eigenvalue weighted by Crippen LogP contribution is -2.26. The van der Waals surface area contributed by atoms with Gasteiger partial charge >= 0.3 is 0 Å². The normalized spacial score (nSPS) is 16.5. The van der Waals surface area contributed by atoms with Gasteiger partial charge in [0.05, 0.1) is 18.4 Å². The molecule has 5 heteroatoms. The number of benzene rings is 1. The van der Waals surface area contributed by atoms with E-state index in [0.717, 1.165) is 0 Å². The third kappa shape index (κ3) is 2.26. The molecule has 1 heterocycles. The van der Waals surface area contributed by atoms with Crippen LogP contribution in [-0.4, -0.2) is 23.0 Å². The number of Topliss-reactive ketones (excluding diaryl/α,β-unsaturated/α-hetero) is 1. The van der Waals surface area contributed by atoms with E-state index in [1.165, 1.54) is 19.2 Å². The maximum Gasteiger partial charge on any atom is 0.168 e. The second kappa shape index (κ2) is 4.87. The van der Waals surface area contributed by atoms with Crippen LogP contribution < -0.4 is 4.74 Å². The maximum absolute atomic E-state index is 13.9. The number of carbonyl (C=O) groups excluding carboxylic acids is 1. The van der Waals surface area contributed by atoms with Crippen molar-refractivity contribution in [1.82, 2.24) is 4.98 Å². The summed E-state index contributed by atoms with van der Waals surface area (Å²) in [5, 5.41) is 10.4. The Labute approximate surface area is 127 Å². The topological polar surface area (TPSA) is 62.3 Å². The van der Waals surface area contributed by atoms with Gasteiger partial charge in [-0.05, 0) is 30.0 Å². The van der Waals surface area contributed by atoms with Crippen molar-refractivity contribution in [1.29, 1.82) is 0 Å². The number of hydrogen-bond acceptors (Lipinski definition) is 3. The molecule has 0 bridgehead atoms. The van der Waals surface area contributed by atoms with Gasteiger partial charge in [0.1, 0.15) is 0 Å². The van der Waals surface area contributed by atoms with E-state index in [0.29, 0.717) is 35.4 Å². The number of methoxy groups -OCH3 is 1. The minimum atomic E-state index is -0.515. The third-order valence-electron chi connectivity index (χ3n) is 4.07. The number of H-pyrrole nitrogens is 1. The van der Waals surface area contributed by atoms with Crippen molar-refractivity contribution in [2.75, 3.05) is 7.11 Å². The van der Waals surface area contributed by atoms with Crippen molar-refractivity contribution in [3.63, 3.8) is 0 Å². The molecule has 22 heavy (non-hydrogen) atoms. The van der Waals surface area contributed by atoms with Crippen LogP contribution in [0, 0.1) is 11.2 Å². The van der Waals surface area contributed by atoms with Crippen molar-refractivity contribution in [2.24, 2.45) is 5.41 Å². The molecule has 1 aromatic carbocycles. The van der Waals surface area contributed by atoms with Crippen LogP contribution in [0.4, 0.5) is 4.39 Å². The molecule has 0 amide bonds. The number of nitrogens with one attached hydrogen (secondary N) is 1. The second-order valence-electron chi connectivity index (χ2n) is 6.49. The summed E-state index contributed by atoms with van der Waals surface area (Å²) in [5.74, 6) is -0.560. The number of aromatic amines is 1. The molecule has 0 aliphatic heterocycles. The summed E-state index contributed by atoms with van der Waals surface area (Å²) in [4.78, 5) is 15.4. The number of ketones is 1. The fourth-order valence-electron chi connectivity index (χ4n) is 3.07. The van der Waals surface area contributed by atoms with Gasteiger partial charge in [0, 0.05) is 17.7 Å². The minimum Gasteiger partial charge on any atom is -0.505 e. The average Bonchev–Trinajstić information content (AvgIpc) is 2.74. The summed E-state index contributed by atoms with van der Waals surface area (Å²) < 4.78 is 18.8. The highest BCUT2D eigenvalue weighted by molar-refractivity contribution is 6.03. The first-order valence-electron chi connectivity index (χ1n) is 7.13. The first kappa shape index (κ1) is 14.6. The number of aromatic hydroxyl groups is 1. The van der Waals surface area contributed by atoms with Gasteiger partial charge in [0.15, 0.2) is 23.1 Å². The molecule has 1 aromatic heterocycles. The summed E-state index contributed by atoms with van der Waals surface area (Å²) in [6.45, 7) is 4.02. The van der Waals surface area contributed by atoms with Gasteiger partial charge in [-0.25, -0.2) is 4.39 Å². The SMILES string of the molecule is COc1ccc(-c2[nH]c3c(c2O)C(=O)CC(C)(C)C3)cc1F. The molecule has 1 aliphatic rings. The largest absolute Gasteiger partial charge is 0.505 e. The van der Waals surface area contributed by atoms with E-state index >= 15 is 0 Å². The summed E-state index contributed by atoms with van der Waals surface area (Å²) >= 11 is 0. The quantitative estimate of drug-likeness (QED) is 0.889. The van der Waals surface area contributed by atoms with Crippen molar-refractivity contribution < 1.29 is 19.0 Å². The fraction of sp³-hybridized carbons (Fsp3) is 0.353. The highest BCUT2D eigenvalue weighted by Crippen LogP contribution is 2.43. The standard InChI is InChI=1S/C17H18FNO3/c1-17(2)7-11-14(12(20)8-17)16(21)15(19-11)9-4-5-13(22-3)10(18)6-9/h4-6,19,21H,7-8H2,1-3H3. The number of ether oxygens (including phenoxy) is 1. The van der Waals surface area contributed by atoms with Crippen LogP contribution in [0.25, 0.3) is 11.3 Å². The highest BCUT2D eigenvalue weighted by atomic mass is 19.1. The first-order chi connectivity index (χ1) is 10.3. The number of rotatable bonds is 2. The van der Waals surface area contributed by atoms with E-state index in [4.69, 9.17) is 4.74 Å². The van der Waals surface area contributed by atoms with Crippen molar-refractivity contribution in [2.45, 2.75) is 26.7 Å². The van der Waals surface area contributed by atoms with Gasteiger partial charge < -0.3 is 14.8 Å². The van der Waals surface area contributed by atoms with E-state index in [9.17, 15) is 14.3 Å². The lowest BCUT2D eigenvalue weighted by molar-refractivity contribution is 0.0909. The minimum absolute atomic E-state index is 0.0831. The van der Waals surface area contributed by atoms with E-state index in [-0.39, 0.29) is 22.7 Å². The summed E-state index contributed by atoms with van der Waals surface area (Å²) in [6, 6.07) is 4.43. The molecule has 2 N–H and O–H groups in total. The predicted octanol–water partition coefficient (Wildman–Crippen LogP) is 3.69. The molecule has 0 radical (unpaired) electrons. The maximum atomic E-state index is 13.9. The van der Waals surface area contributed by atoms with Crippen molar-refractivity contribution >= 4 is 5.78 Å². The van der Waals surface area contributed by atoms with Crippen molar-refractivity contribution in [3.8, 4) is 22.8 Å². The number of halogens is 1. The molecule has 0 atom stereocenters. The molecule has 0 saturated carbocycles. The van der Waals surface area contributed by atoms with Crippen LogP contribution >= 0.6 is 0 Å². The predicted molar refractivity (Wildman–Crippen MR) is 80.8 cm³/mol. The average molecular weight is 303 g/mol. The zero-order valence-electron chi connectivity index (χ0n) is 12.8. The molecule has 0 saturated heterocycles. The van der Waals surface area contributed by atoms with E-state index in [2.05, 4.69) is 4.98 Å². The summed E-state index contributed by atoms with van der Waals surface area (Å²) in [7, 11) is 1.39. The fourth-order valence-corrected chi connectivity index (χ4v) is 3.07. The molecule has 2 aromatic rings. The van der Waals surface area contributed by atoms with Gasteiger partial charge in [0.25, 0.3) is 0 Å². The highest BCUT2D eigenvalue weighted by Gasteiger charge is 2.35. The van der Waals surface area contributed by atoms with E-state index < -0.39 is 5.82 Å². The van der Waals surface area contributed by atoms with Crippen LogP contribution in [-0.2, 0) is 6.42 Å². The molecule has 3 rings (SSSR count). The molecule has 0 spiro atoms. The monoisotopic (exact) mass is 303 g/mol. The second-order valence-corrected chi connectivity index (χ2v) is 6.49.